The van der Waals surface area contributed by atoms with E-state index in [0.717, 1.165) is 16.3 Å². The van der Waals surface area contributed by atoms with Gasteiger partial charge in [-0.15, -0.1) is 0 Å². The van der Waals surface area contributed by atoms with Crippen molar-refractivity contribution in [2.24, 2.45) is 5.73 Å². The van der Waals surface area contributed by atoms with E-state index in [1.54, 1.807) is 18.2 Å². The Balaban J connectivity index is 2.69. The largest absolute Gasteiger partial charge is 0.478 e. The number of carboxylic acids is 1. The van der Waals surface area contributed by atoms with Gasteiger partial charge in [-0.3, -0.25) is 0 Å². The third kappa shape index (κ3) is 1.69. The van der Waals surface area contributed by atoms with E-state index in [4.69, 9.17) is 10.8 Å². The van der Waals surface area contributed by atoms with Crippen LogP contribution in [0.5, 0.6) is 0 Å². The summed E-state index contributed by atoms with van der Waals surface area (Å²) < 4.78 is 0. The van der Waals surface area contributed by atoms with Gasteiger partial charge in [0.1, 0.15) is 0 Å². The Kier molecular flexibility index (Phi) is 2.39. The van der Waals surface area contributed by atoms with E-state index in [0.29, 0.717) is 12.1 Å². The summed E-state index contributed by atoms with van der Waals surface area (Å²) in [6.45, 7) is 0.462. The van der Waals surface area contributed by atoms with Crippen molar-refractivity contribution >= 4 is 16.7 Å². The van der Waals surface area contributed by atoms with Gasteiger partial charge in [-0.25, -0.2) is 4.79 Å². The molecule has 0 unspecified atom stereocenters. The number of hydrogen-bond acceptors (Lipinski definition) is 2. The van der Waals surface area contributed by atoms with Gasteiger partial charge in [0.05, 0.1) is 5.56 Å². The molecule has 0 aliphatic carbocycles. The zero-order valence-electron chi connectivity index (χ0n) is 8.10. The molecule has 0 amide bonds. The molecule has 76 valence electrons. The highest BCUT2D eigenvalue weighted by atomic mass is 16.4. The highest BCUT2D eigenvalue weighted by Gasteiger charge is 2.04. The smallest absolute Gasteiger partial charge is 0.335 e. The Morgan fingerprint density at radius 3 is 2.73 bits per heavy atom. The second-order valence-electron chi connectivity index (χ2n) is 3.36. The maximum atomic E-state index is 10.8. The van der Waals surface area contributed by atoms with Gasteiger partial charge >= 0.3 is 5.97 Å². The molecule has 3 nitrogen and oxygen atoms in total. The number of nitrogens with two attached hydrogens (primary N) is 1. The van der Waals surface area contributed by atoms with Crippen molar-refractivity contribution in [1.29, 1.82) is 0 Å². The van der Waals surface area contributed by atoms with Gasteiger partial charge in [0.25, 0.3) is 0 Å². The first-order valence-corrected chi connectivity index (χ1v) is 4.67. The van der Waals surface area contributed by atoms with Crippen LogP contribution in [0.1, 0.15) is 15.9 Å². The fourth-order valence-electron chi connectivity index (χ4n) is 1.66. The van der Waals surface area contributed by atoms with Crippen molar-refractivity contribution in [2.45, 2.75) is 6.54 Å². The minimum absolute atomic E-state index is 0.302. The molecule has 0 fully saturated rings. The van der Waals surface area contributed by atoms with Gasteiger partial charge in [0.15, 0.2) is 0 Å². The lowest BCUT2D eigenvalue weighted by atomic mass is 10.0. The normalized spacial score (nSPS) is 10.5. The van der Waals surface area contributed by atoms with E-state index >= 15 is 0 Å². The van der Waals surface area contributed by atoms with E-state index in [1.807, 2.05) is 18.2 Å². The molecule has 0 radical (unpaired) electrons. The van der Waals surface area contributed by atoms with Gasteiger partial charge in [-0.1, -0.05) is 24.3 Å². The molecular formula is C12H11NO2. The van der Waals surface area contributed by atoms with Crippen molar-refractivity contribution in [3.63, 3.8) is 0 Å². The third-order valence-electron chi connectivity index (χ3n) is 2.44. The molecule has 0 saturated heterocycles. The predicted octanol–water partition coefficient (Wildman–Crippen LogP) is 2.00. The van der Waals surface area contributed by atoms with Gasteiger partial charge in [0.2, 0.25) is 0 Å². The second kappa shape index (κ2) is 3.71. The van der Waals surface area contributed by atoms with Crippen LogP contribution in [-0.4, -0.2) is 11.1 Å². The van der Waals surface area contributed by atoms with Crippen LogP contribution < -0.4 is 5.73 Å². The maximum absolute atomic E-state index is 10.8. The molecule has 0 aliphatic rings. The Bertz CT molecular complexity index is 520. The zero-order valence-corrected chi connectivity index (χ0v) is 8.10. The molecule has 15 heavy (non-hydrogen) atoms. The first-order valence-electron chi connectivity index (χ1n) is 4.67. The van der Waals surface area contributed by atoms with Crippen molar-refractivity contribution < 1.29 is 9.90 Å². The number of carbonyl (C=O) groups is 1. The summed E-state index contributed by atoms with van der Waals surface area (Å²) >= 11 is 0. The Labute approximate surface area is 87.1 Å². The van der Waals surface area contributed by atoms with Gasteiger partial charge in [-0.2, -0.15) is 0 Å². The Morgan fingerprint density at radius 1 is 1.27 bits per heavy atom. The first-order chi connectivity index (χ1) is 7.22. The molecule has 0 spiro atoms. The lowest BCUT2D eigenvalue weighted by Crippen LogP contribution is -1.99. The highest BCUT2D eigenvalue weighted by Crippen LogP contribution is 2.20. The monoisotopic (exact) mass is 201 g/mol. The summed E-state index contributed by atoms with van der Waals surface area (Å²) in [5.74, 6) is -0.907. The minimum Gasteiger partial charge on any atom is -0.478 e. The van der Waals surface area contributed by atoms with Crippen molar-refractivity contribution in [3.8, 4) is 0 Å². The number of aromatic carboxylic acids is 1. The molecular weight excluding hydrogens is 190 g/mol. The predicted molar refractivity (Wildman–Crippen MR) is 58.8 cm³/mol. The molecule has 0 bridgehead atoms. The minimum atomic E-state index is -0.907. The molecule has 0 saturated carbocycles. The van der Waals surface area contributed by atoms with E-state index < -0.39 is 5.97 Å². The van der Waals surface area contributed by atoms with Crippen LogP contribution in [0.2, 0.25) is 0 Å². The first kappa shape index (κ1) is 9.68. The summed E-state index contributed by atoms with van der Waals surface area (Å²) in [5.41, 5.74) is 6.93. The quantitative estimate of drug-likeness (QED) is 0.781. The molecule has 3 N–H and O–H groups in total. The van der Waals surface area contributed by atoms with E-state index in [1.165, 1.54) is 0 Å². The van der Waals surface area contributed by atoms with Crippen molar-refractivity contribution in [3.05, 3.63) is 47.5 Å². The number of rotatable bonds is 2. The molecule has 0 atom stereocenters. The average Bonchev–Trinajstić information content (AvgIpc) is 2.27. The summed E-state index contributed by atoms with van der Waals surface area (Å²) in [6, 6.07) is 10.8. The molecule has 2 rings (SSSR count). The van der Waals surface area contributed by atoms with Crippen LogP contribution in [0, 0.1) is 0 Å². The number of benzene rings is 2. The van der Waals surface area contributed by atoms with Crippen LogP contribution in [0.15, 0.2) is 36.4 Å². The number of hydrogen-bond donors (Lipinski definition) is 2. The van der Waals surface area contributed by atoms with Crippen molar-refractivity contribution in [1.82, 2.24) is 0 Å². The average molecular weight is 201 g/mol. The summed E-state index contributed by atoms with van der Waals surface area (Å²) in [6.07, 6.45) is 0. The van der Waals surface area contributed by atoms with Crippen molar-refractivity contribution in [2.75, 3.05) is 0 Å². The summed E-state index contributed by atoms with van der Waals surface area (Å²) in [4.78, 5) is 10.8. The molecule has 3 heteroatoms. The maximum Gasteiger partial charge on any atom is 0.335 e. The van der Waals surface area contributed by atoms with Crippen LogP contribution in [-0.2, 0) is 6.54 Å². The fourth-order valence-corrected chi connectivity index (χ4v) is 1.66. The summed E-state index contributed by atoms with van der Waals surface area (Å²) in [7, 11) is 0. The molecule has 0 aliphatic heterocycles. The topological polar surface area (TPSA) is 63.3 Å². The van der Waals surface area contributed by atoms with Crippen LogP contribution in [0.4, 0.5) is 0 Å². The zero-order chi connectivity index (χ0) is 10.8. The second-order valence-corrected chi connectivity index (χ2v) is 3.36. The number of fused-ring (bicyclic) bond motifs is 1. The molecule has 2 aromatic rings. The lowest BCUT2D eigenvalue weighted by molar-refractivity contribution is 0.0697. The fraction of sp³-hybridized carbons (Fsp3) is 0.0833. The van der Waals surface area contributed by atoms with Crippen LogP contribution in [0.25, 0.3) is 10.8 Å². The molecule has 0 heterocycles. The van der Waals surface area contributed by atoms with Crippen LogP contribution in [0.3, 0.4) is 0 Å². The molecule has 0 aromatic heterocycles. The molecule has 2 aromatic carbocycles. The SMILES string of the molecule is NCc1cccc2cc(C(=O)O)ccc12. The number of carboxylic acid groups (broad SMARTS) is 1. The summed E-state index contributed by atoms with van der Waals surface area (Å²) in [5, 5.41) is 10.8. The Hall–Kier alpha value is -1.87. The van der Waals surface area contributed by atoms with Gasteiger partial charge in [-0.05, 0) is 28.5 Å². The highest BCUT2D eigenvalue weighted by molar-refractivity contribution is 5.95. The third-order valence-corrected chi connectivity index (χ3v) is 2.44. The van der Waals surface area contributed by atoms with E-state index in [9.17, 15) is 4.79 Å². The van der Waals surface area contributed by atoms with Gasteiger partial charge in [0, 0.05) is 6.54 Å². The van der Waals surface area contributed by atoms with E-state index in [2.05, 4.69) is 0 Å². The van der Waals surface area contributed by atoms with Gasteiger partial charge < -0.3 is 10.8 Å². The van der Waals surface area contributed by atoms with E-state index in [-0.39, 0.29) is 0 Å². The van der Waals surface area contributed by atoms with Crippen LogP contribution >= 0.6 is 0 Å². The standard InChI is InChI=1S/C12H11NO2/c13-7-10-3-1-2-8-6-9(12(14)15)4-5-11(8)10/h1-6H,7,13H2,(H,14,15). The Morgan fingerprint density at radius 2 is 2.07 bits per heavy atom. The lowest BCUT2D eigenvalue weighted by Gasteiger charge is -2.04.